The molecule has 2 unspecified atom stereocenters. The van der Waals surface area contributed by atoms with Gasteiger partial charge in [0, 0.05) is 60.7 Å². The second-order valence-electron chi connectivity index (χ2n) is 9.50. The van der Waals surface area contributed by atoms with Gasteiger partial charge in [0.25, 0.3) is 5.91 Å². The molecule has 196 valence electrons. The largest absolute Gasteiger partial charge is 0.351 e. The summed E-state index contributed by atoms with van der Waals surface area (Å²) in [5.74, 6) is 0.0221. The first-order valence-corrected chi connectivity index (χ1v) is 12.1. The number of aromatic amines is 1. The third-order valence-electron chi connectivity index (χ3n) is 6.89. The number of benzene rings is 1. The van der Waals surface area contributed by atoms with Crippen LogP contribution in [-0.4, -0.2) is 63.8 Å². The highest BCUT2D eigenvalue weighted by atomic mass is 19.1. The molecule has 1 saturated heterocycles. The normalized spacial score (nSPS) is 17.3. The lowest BCUT2D eigenvalue weighted by atomic mass is 9.91. The molecule has 1 amide bonds. The average Bonchev–Trinajstić information content (AvgIpc) is 3.61. The number of aromatic nitrogens is 5. The van der Waals surface area contributed by atoms with Gasteiger partial charge >= 0.3 is 0 Å². The molecule has 2 N–H and O–H groups in total. The standard InChI is InChI=1S/C26H25F3N8O/c27-13-26(14-28,15-29)16-33-24(38)17-1-3-21(4-2-17)36-11-19(5-7-30)25(36)37-12-20(10-34-37)23-32-9-18-6-8-31-22(18)35-23/h1-4,6,8-10,12,19,25H,5,11,13-16H2,(H,33,38)(H,31,32,35). The van der Waals surface area contributed by atoms with Crippen LogP contribution in [0.5, 0.6) is 0 Å². The van der Waals surface area contributed by atoms with Crippen LogP contribution in [0.15, 0.2) is 55.1 Å². The minimum atomic E-state index is -1.85. The van der Waals surface area contributed by atoms with Gasteiger partial charge in [0.05, 0.1) is 23.2 Å². The maximum absolute atomic E-state index is 13.1. The van der Waals surface area contributed by atoms with Crippen molar-refractivity contribution in [3.05, 3.63) is 60.7 Å². The lowest BCUT2D eigenvalue weighted by Crippen LogP contribution is -2.52. The molecular weight excluding hydrogens is 497 g/mol. The van der Waals surface area contributed by atoms with Crippen LogP contribution in [0.2, 0.25) is 0 Å². The molecule has 3 aromatic heterocycles. The number of anilines is 1. The summed E-state index contributed by atoms with van der Waals surface area (Å²) in [7, 11) is 0. The lowest BCUT2D eigenvalue weighted by Gasteiger charge is -2.48. The highest BCUT2D eigenvalue weighted by molar-refractivity contribution is 5.94. The third kappa shape index (κ3) is 4.67. The number of nitrogens with one attached hydrogen (secondary N) is 2. The van der Waals surface area contributed by atoms with E-state index in [0.29, 0.717) is 18.8 Å². The zero-order valence-corrected chi connectivity index (χ0v) is 20.3. The van der Waals surface area contributed by atoms with Gasteiger partial charge < -0.3 is 15.2 Å². The van der Waals surface area contributed by atoms with Gasteiger partial charge in [0.1, 0.15) is 31.8 Å². The molecule has 0 aliphatic carbocycles. The van der Waals surface area contributed by atoms with E-state index in [1.807, 2.05) is 12.3 Å². The van der Waals surface area contributed by atoms with Crippen LogP contribution < -0.4 is 10.2 Å². The van der Waals surface area contributed by atoms with Gasteiger partial charge in [-0.2, -0.15) is 10.4 Å². The van der Waals surface area contributed by atoms with E-state index in [-0.39, 0.29) is 17.6 Å². The number of alkyl halides is 3. The Hall–Kier alpha value is -4.40. The molecule has 9 nitrogen and oxygen atoms in total. The minimum absolute atomic E-state index is 0.0396. The number of hydrogen-bond donors (Lipinski definition) is 2. The number of rotatable bonds is 10. The summed E-state index contributed by atoms with van der Waals surface area (Å²) in [6.45, 7) is -3.44. The first kappa shape index (κ1) is 25.3. The van der Waals surface area contributed by atoms with Gasteiger partial charge in [-0.25, -0.2) is 14.6 Å². The number of halogens is 3. The van der Waals surface area contributed by atoms with Crippen molar-refractivity contribution in [2.75, 3.05) is 38.0 Å². The van der Waals surface area contributed by atoms with Crippen molar-refractivity contribution >= 4 is 22.6 Å². The highest BCUT2D eigenvalue weighted by Gasteiger charge is 2.41. The maximum atomic E-state index is 13.1. The monoisotopic (exact) mass is 522 g/mol. The van der Waals surface area contributed by atoms with E-state index in [1.54, 1.807) is 47.5 Å². The first-order chi connectivity index (χ1) is 18.5. The van der Waals surface area contributed by atoms with Crippen molar-refractivity contribution in [2.45, 2.75) is 12.6 Å². The summed E-state index contributed by atoms with van der Waals surface area (Å²) in [5, 5.41) is 17.2. The smallest absolute Gasteiger partial charge is 0.251 e. The van der Waals surface area contributed by atoms with Gasteiger partial charge in [0.15, 0.2) is 5.82 Å². The fraction of sp³-hybridized carbons (Fsp3) is 0.346. The van der Waals surface area contributed by atoms with E-state index in [2.05, 4.69) is 36.3 Å². The minimum Gasteiger partial charge on any atom is -0.351 e. The molecule has 12 heteroatoms. The van der Waals surface area contributed by atoms with Gasteiger partial charge in [-0.15, -0.1) is 0 Å². The topological polar surface area (TPSA) is 116 Å². The number of amides is 1. The van der Waals surface area contributed by atoms with Crippen LogP contribution in [0.1, 0.15) is 22.9 Å². The van der Waals surface area contributed by atoms with E-state index in [9.17, 15) is 23.2 Å². The molecule has 0 spiro atoms. The number of carbonyl (C=O) groups excluding carboxylic acids is 1. The zero-order valence-electron chi connectivity index (χ0n) is 20.3. The molecule has 1 fully saturated rings. The quantitative estimate of drug-likeness (QED) is 0.325. The second kappa shape index (κ2) is 10.5. The van der Waals surface area contributed by atoms with E-state index in [0.717, 1.165) is 22.3 Å². The zero-order chi connectivity index (χ0) is 26.7. The summed E-state index contributed by atoms with van der Waals surface area (Å²) in [4.78, 5) is 26.6. The third-order valence-corrected chi connectivity index (χ3v) is 6.89. The van der Waals surface area contributed by atoms with Gasteiger partial charge in [-0.05, 0) is 30.3 Å². The molecule has 0 radical (unpaired) electrons. The summed E-state index contributed by atoms with van der Waals surface area (Å²) in [6, 6.07) is 10.8. The Morgan fingerprint density at radius 3 is 2.63 bits per heavy atom. The Morgan fingerprint density at radius 1 is 1.16 bits per heavy atom. The van der Waals surface area contributed by atoms with Crippen LogP contribution in [-0.2, 0) is 0 Å². The molecule has 4 heterocycles. The first-order valence-electron chi connectivity index (χ1n) is 12.1. The fourth-order valence-electron chi connectivity index (χ4n) is 4.47. The Labute approximate surface area is 216 Å². The molecular formula is C26H25F3N8O. The van der Waals surface area contributed by atoms with Gasteiger partial charge in [-0.1, -0.05) is 0 Å². The number of H-pyrrole nitrogens is 1. The molecule has 0 saturated carbocycles. The second-order valence-corrected chi connectivity index (χ2v) is 9.50. The molecule has 4 aromatic rings. The van der Waals surface area contributed by atoms with Crippen LogP contribution in [0.25, 0.3) is 22.4 Å². The van der Waals surface area contributed by atoms with Gasteiger partial charge in [0.2, 0.25) is 0 Å². The number of hydrogen-bond acceptors (Lipinski definition) is 6. The van der Waals surface area contributed by atoms with Crippen LogP contribution >= 0.6 is 0 Å². The summed E-state index contributed by atoms with van der Waals surface area (Å²) >= 11 is 0. The fourth-order valence-corrected chi connectivity index (χ4v) is 4.47. The molecule has 1 aliphatic heterocycles. The van der Waals surface area contributed by atoms with Crippen LogP contribution in [0, 0.1) is 22.7 Å². The molecule has 5 rings (SSSR count). The number of nitrogens with zero attached hydrogens (tertiary/aromatic N) is 6. The summed E-state index contributed by atoms with van der Waals surface area (Å²) in [5.41, 5.74) is 0.707. The molecule has 1 aliphatic rings. The summed E-state index contributed by atoms with van der Waals surface area (Å²) < 4.78 is 41.1. The average molecular weight is 523 g/mol. The van der Waals surface area contributed by atoms with Crippen molar-refractivity contribution in [3.63, 3.8) is 0 Å². The van der Waals surface area contributed by atoms with Crippen molar-refractivity contribution < 1.29 is 18.0 Å². The Morgan fingerprint density at radius 2 is 1.92 bits per heavy atom. The van der Waals surface area contributed by atoms with E-state index in [4.69, 9.17) is 0 Å². The summed E-state index contributed by atoms with van der Waals surface area (Å²) in [6.07, 6.45) is 7.19. The van der Waals surface area contributed by atoms with Crippen molar-refractivity contribution in [3.8, 4) is 17.5 Å². The van der Waals surface area contributed by atoms with E-state index in [1.165, 1.54) is 0 Å². The Balaban J connectivity index is 1.32. The number of fused-ring (bicyclic) bond motifs is 1. The Kier molecular flexibility index (Phi) is 7.00. The maximum Gasteiger partial charge on any atom is 0.251 e. The van der Waals surface area contributed by atoms with E-state index < -0.39 is 37.9 Å². The predicted molar refractivity (Wildman–Crippen MR) is 134 cm³/mol. The number of carbonyl (C=O) groups is 1. The predicted octanol–water partition coefficient (Wildman–Crippen LogP) is 3.99. The molecule has 2 atom stereocenters. The Bertz CT molecular complexity index is 1450. The van der Waals surface area contributed by atoms with Crippen LogP contribution in [0.4, 0.5) is 18.9 Å². The highest BCUT2D eigenvalue weighted by Crippen LogP contribution is 2.40. The van der Waals surface area contributed by atoms with Crippen molar-refractivity contribution in [1.82, 2.24) is 30.0 Å². The van der Waals surface area contributed by atoms with E-state index >= 15 is 0 Å². The SMILES string of the molecule is N#CCC1CN(c2ccc(C(=O)NCC(CF)(CF)CF)cc2)C1n1cc(-c2ncc3cc[nH]c3n2)cn1. The lowest BCUT2D eigenvalue weighted by molar-refractivity contribution is 0.0841. The van der Waals surface area contributed by atoms with Crippen LogP contribution in [0.3, 0.4) is 0 Å². The van der Waals surface area contributed by atoms with Crippen molar-refractivity contribution in [2.24, 2.45) is 11.3 Å². The van der Waals surface area contributed by atoms with Crippen molar-refractivity contribution in [1.29, 1.82) is 5.26 Å². The number of nitriles is 1. The van der Waals surface area contributed by atoms with Gasteiger partial charge in [-0.3, -0.25) is 18.0 Å². The molecule has 38 heavy (non-hydrogen) atoms. The molecule has 1 aromatic carbocycles. The molecule has 0 bridgehead atoms.